The molecule has 162 valence electrons. The van der Waals surface area contributed by atoms with E-state index in [1.807, 2.05) is 39.0 Å². The zero-order valence-electron chi connectivity index (χ0n) is 18.7. The SMILES string of the molecule is CC(C)(C)c1ccccc1N(C(=O)C(=O)c1ccccc1)C(=O)/C1=C/CCCCCC1. The largest absolute Gasteiger partial charge is 0.306 e. The predicted molar refractivity (Wildman–Crippen MR) is 124 cm³/mol. The first-order valence-electron chi connectivity index (χ1n) is 11.1. The van der Waals surface area contributed by atoms with Gasteiger partial charge < -0.3 is 0 Å². The van der Waals surface area contributed by atoms with Gasteiger partial charge in [-0.2, -0.15) is 0 Å². The summed E-state index contributed by atoms with van der Waals surface area (Å²) in [6.45, 7) is 6.10. The number of para-hydroxylation sites is 1. The molecule has 0 saturated carbocycles. The average Bonchev–Trinajstić information content (AvgIpc) is 2.73. The van der Waals surface area contributed by atoms with Gasteiger partial charge in [0.2, 0.25) is 0 Å². The van der Waals surface area contributed by atoms with Crippen molar-refractivity contribution in [2.75, 3.05) is 4.90 Å². The lowest BCUT2D eigenvalue weighted by Crippen LogP contribution is -2.43. The molecule has 4 nitrogen and oxygen atoms in total. The molecule has 2 aromatic carbocycles. The molecule has 3 rings (SSSR count). The lowest BCUT2D eigenvalue weighted by molar-refractivity contribution is -0.122. The molecule has 1 aliphatic rings. The molecule has 1 aliphatic carbocycles. The summed E-state index contributed by atoms with van der Waals surface area (Å²) < 4.78 is 0. The van der Waals surface area contributed by atoms with E-state index in [9.17, 15) is 14.4 Å². The summed E-state index contributed by atoms with van der Waals surface area (Å²) in [6, 6.07) is 15.8. The normalized spacial score (nSPS) is 16.4. The van der Waals surface area contributed by atoms with Crippen LogP contribution in [0.3, 0.4) is 0 Å². The molecule has 0 heterocycles. The molecule has 0 atom stereocenters. The van der Waals surface area contributed by atoms with Gasteiger partial charge in [-0.3, -0.25) is 14.4 Å². The molecule has 0 radical (unpaired) electrons. The summed E-state index contributed by atoms with van der Waals surface area (Å²) in [5.74, 6) is -1.87. The molecule has 0 fully saturated rings. The number of amides is 2. The highest BCUT2D eigenvalue weighted by Crippen LogP contribution is 2.34. The zero-order valence-corrected chi connectivity index (χ0v) is 18.7. The van der Waals surface area contributed by atoms with Crippen LogP contribution in [-0.4, -0.2) is 17.6 Å². The number of allylic oxidation sites excluding steroid dienone is 1. The van der Waals surface area contributed by atoms with Gasteiger partial charge in [-0.15, -0.1) is 0 Å². The van der Waals surface area contributed by atoms with Crippen molar-refractivity contribution in [3.8, 4) is 0 Å². The second kappa shape index (κ2) is 9.86. The van der Waals surface area contributed by atoms with Crippen molar-refractivity contribution in [3.05, 3.63) is 77.4 Å². The highest BCUT2D eigenvalue weighted by molar-refractivity contribution is 6.51. The fourth-order valence-electron chi connectivity index (χ4n) is 3.96. The van der Waals surface area contributed by atoms with Crippen molar-refractivity contribution >= 4 is 23.3 Å². The molecule has 4 heteroatoms. The van der Waals surface area contributed by atoms with Crippen LogP contribution >= 0.6 is 0 Å². The van der Waals surface area contributed by atoms with E-state index < -0.39 is 11.7 Å². The second-order valence-electron chi connectivity index (χ2n) is 9.09. The summed E-state index contributed by atoms with van der Waals surface area (Å²) in [5.41, 5.74) is 1.93. The van der Waals surface area contributed by atoms with Crippen molar-refractivity contribution in [2.24, 2.45) is 0 Å². The van der Waals surface area contributed by atoms with E-state index >= 15 is 0 Å². The van der Waals surface area contributed by atoms with E-state index in [-0.39, 0.29) is 16.9 Å². The Morgan fingerprint density at radius 1 is 0.806 bits per heavy atom. The smallest absolute Gasteiger partial charge is 0.283 e. The Hall–Kier alpha value is -3.01. The fraction of sp³-hybridized carbons (Fsp3) is 0.370. The molecule has 0 aliphatic heterocycles. The van der Waals surface area contributed by atoms with E-state index in [2.05, 4.69) is 0 Å². The fourth-order valence-corrected chi connectivity index (χ4v) is 3.96. The molecule has 31 heavy (non-hydrogen) atoms. The van der Waals surface area contributed by atoms with Gasteiger partial charge in [-0.1, -0.05) is 88.2 Å². The molecule has 2 amide bonds. The second-order valence-corrected chi connectivity index (χ2v) is 9.09. The first kappa shape index (κ1) is 22.7. The van der Waals surface area contributed by atoms with Crippen molar-refractivity contribution in [3.63, 3.8) is 0 Å². The number of benzene rings is 2. The number of anilines is 1. The molecular formula is C27H31NO3. The highest BCUT2D eigenvalue weighted by atomic mass is 16.2. The summed E-state index contributed by atoms with van der Waals surface area (Å²) in [4.78, 5) is 41.4. The Labute approximate surface area is 185 Å². The minimum absolute atomic E-state index is 0.283. The summed E-state index contributed by atoms with van der Waals surface area (Å²) >= 11 is 0. The van der Waals surface area contributed by atoms with E-state index in [1.165, 1.54) is 0 Å². The Kier molecular flexibility index (Phi) is 7.21. The van der Waals surface area contributed by atoms with Crippen LogP contribution in [0.5, 0.6) is 0 Å². The minimum atomic E-state index is -0.809. The van der Waals surface area contributed by atoms with Gasteiger partial charge in [0.1, 0.15) is 0 Å². The maximum absolute atomic E-state index is 13.7. The van der Waals surface area contributed by atoms with E-state index in [1.54, 1.807) is 42.5 Å². The lowest BCUT2D eigenvalue weighted by atomic mass is 9.85. The van der Waals surface area contributed by atoms with Gasteiger partial charge in [-0.25, -0.2) is 4.90 Å². The van der Waals surface area contributed by atoms with Crippen LogP contribution in [0.4, 0.5) is 5.69 Å². The summed E-state index contributed by atoms with van der Waals surface area (Å²) in [7, 11) is 0. The Bertz CT molecular complexity index is 983. The zero-order chi connectivity index (χ0) is 22.4. The molecular weight excluding hydrogens is 386 g/mol. The number of imide groups is 1. The topological polar surface area (TPSA) is 54.5 Å². The van der Waals surface area contributed by atoms with Crippen LogP contribution < -0.4 is 4.90 Å². The van der Waals surface area contributed by atoms with Crippen LogP contribution in [0, 0.1) is 0 Å². The van der Waals surface area contributed by atoms with E-state index in [4.69, 9.17) is 0 Å². The lowest BCUT2D eigenvalue weighted by Gasteiger charge is -2.29. The summed E-state index contributed by atoms with van der Waals surface area (Å²) in [5, 5.41) is 0. The van der Waals surface area contributed by atoms with Gasteiger partial charge in [0.25, 0.3) is 11.7 Å². The third-order valence-corrected chi connectivity index (χ3v) is 5.66. The molecule has 0 spiro atoms. The first-order chi connectivity index (χ1) is 14.8. The van der Waals surface area contributed by atoms with Crippen LogP contribution in [0.1, 0.15) is 75.2 Å². The van der Waals surface area contributed by atoms with Gasteiger partial charge in [0, 0.05) is 11.1 Å². The number of nitrogens with zero attached hydrogens (tertiary/aromatic N) is 1. The number of rotatable bonds is 4. The van der Waals surface area contributed by atoms with Gasteiger partial charge in [-0.05, 0) is 42.7 Å². The van der Waals surface area contributed by atoms with Crippen molar-refractivity contribution in [2.45, 2.75) is 64.7 Å². The number of carbonyl (C=O) groups excluding carboxylic acids is 3. The van der Waals surface area contributed by atoms with Crippen molar-refractivity contribution < 1.29 is 14.4 Å². The molecule has 0 N–H and O–H groups in total. The van der Waals surface area contributed by atoms with E-state index in [0.717, 1.165) is 42.6 Å². The number of hydrogen-bond donors (Lipinski definition) is 0. The molecule has 0 aromatic heterocycles. The van der Waals surface area contributed by atoms with Crippen LogP contribution in [0.15, 0.2) is 66.2 Å². The number of hydrogen-bond acceptors (Lipinski definition) is 3. The number of Topliss-reactive ketones (excluding diaryl/α,β-unsaturated/α-hetero) is 1. The third kappa shape index (κ3) is 5.38. The maximum atomic E-state index is 13.7. The Morgan fingerprint density at radius 2 is 1.45 bits per heavy atom. The molecule has 0 bridgehead atoms. The highest BCUT2D eigenvalue weighted by Gasteiger charge is 2.34. The summed E-state index contributed by atoms with van der Waals surface area (Å²) in [6.07, 6.45) is 7.56. The minimum Gasteiger partial charge on any atom is -0.283 e. The van der Waals surface area contributed by atoms with Gasteiger partial charge >= 0.3 is 5.91 Å². The molecule has 2 aromatic rings. The van der Waals surface area contributed by atoms with Crippen LogP contribution in [-0.2, 0) is 15.0 Å². The Morgan fingerprint density at radius 3 is 2.16 bits per heavy atom. The Balaban J connectivity index is 2.10. The third-order valence-electron chi connectivity index (χ3n) is 5.66. The quantitative estimate of drug-likeness (QED) is 0.452. The van der Waals surface area contributed by atoms with E-state index in [0.29, 0.717) is 17.7 Å². The maximum Gasteiger partial charge on any atom is 0.306 e. The van der Waals surface area contributed by atoms with Crippen LogP contribution in [0.25, 0.3) is 0 Å². The first-order valence-corrected chi connectivity index (χ1v) is 11.1. The predicted octanol–water partition coefficient (Wildman–Crippen LogP) is 6.01. The van der Waals surface area contributed by atoms with Crippen molar-refractivity contribution in [1.29, 1.82) is 0 Å². The van der Waals surface area contributed by atoms with Gasteiger partial charge in [0.05, 0.1) is 5.69 Å². The van der Waals surface area contributed by atoms with Gasteiger partial charge in [0.15, 0.2) is 0 Å². The molecule has 0 saturated heterocycles. The molecule has 0 unspecified atom stereocenters. The number of carbonyl (C=O) groups is 3. The van der Waals surface area contributed by atoms with Crippen molar-refractivity contribution in [1.82, 2.24) is 0 Å². The monoisotopic (exact) mass is 417 g/mol. The van der Waals surface area contributed by atoms with Crippen LogP contribution in [0.2, 0.25) is 0 Å². The average molecular weight is 418 g/mol. The number of ketones is 1. The standard InChI is InChI=1S/C27H31NO3/c1-27(2,3)22-18-12-13-19-23(22)28(25(30)21-16-8-5-4-6-9-17-21)26(31)24(29)20-14-10-7-11-15-20/h7,10-16,18-19H,4-6,8-9,17H2,1-3H3/b21-16+.